The summed E-state index contributed by atoms with van der Waals surface area (Å²) in [6, 6.07) is 43.3. The van der Waals surface area contributed by atoms with Crippen molar-refractivity contribution in [1.29, 1.82) is 0 Å². The number of hydrogen-bond donors (Lipinski definition) is 0. The summed E-state index contributed by atoms with van der Waals surface area (Å²) >= 11 is 3.54. The summed E-state index contributed by atoms with van der Waals surface area (Å²) in [5, 5.41) is 14.4. The number of unbranched alkanes of at least 4 members (excludes halogenated alkanes) is 9. The van der Waals surface area contributed by atoms with Crippen molar-refractivity contribution in [2.75, 3.05) is 11.4 Å². The SMILES string of the molecule is CCCCCCc1cc(C2=C([O-])C(=CC3=[N+](CCCCCC)c4ccccc4C3(C)C)C2=O)sc1-c1sc(-c2ccc(N(c3ccccc3)c3ccccc3)cc2)cc1CCCCCC. The van der Waals surface area contributed by atoms with Gasteiger partial charge < -0.3 is 10.0 Å². The van der Waals surface area contributed by atoms with Crippen LogP contribution in [0.5, 0.6) is 0 Å². The van der Waals surface area contributed by atoms with E-state index in [1.54, 1.807) is 11.3 Å². The molecule has 4 nitrogen and oxygen atoms in total. The van der Waals surface area contributed by atoms with Crippen LogP contribution in [0.25, 0.3) is 25.8 Å². The van der Waals surface area contributed by atoms with E-state index in [0.717, 1.165) is 72.7 Å². The Balaban J connectivity index is 1.16. The molecule has 2 aliphatic rings. The monoisotopic (exact) mass is 898 g/mol. The molecule has 6 heteroatoms. The summed E-state index contributed by atoms with van der Waals surface area (Å²) in [4.78, 5) is 21.3. The number of aryl methyl sites for hydroxylation is 2. The number of Topliss-reactive ketones (excluding diaryl/α,β-unsaturated/α-hetero) is 1. The second kappa shape index (κ2) is 21.3. The van der Waals surface area contributed by atoms with Crippen LogP contribution in [0.2, 0.25) is 0 Å². The molecule has 65 heavy (non-hydrogen) atoms. The van der Waals surface area contributed by atoms with Gasteiger partial charge in [0.2, 0.25) is 5.69 Å². The van der Waals surface area contributed by atoms with Gasteiger partial charge in [0.05, 0.1) is 5.41 Å². The lowest BCUT2D eigenvalue weighted by Crippen LogP contribution is -2.33. The zero-order valence-corrected chi connectivity index (χ0v) is 40.9. The van der Waals surface area contributed by atoms with Crippen LogP contribution in [-0.2, 0) is 23.1 Å². The van der Waals surface area contributed by atoms with Crippen LogP contribution < -0.4 is 10.0 Å². The lowest BCUT2D eigenvalue weighted by molar-refractivity contribution is -0.438. The van der Waals surface area contributed by atoms with E-state index in [0.29, 0.717) is 11.1 Å². The fourth-order valence-corrected chi connectivity index (χ4v) is 12.3. The van der Waals surface area contributed by atoms with E-state index in [1.807, 2.05) is 17.4 Å². The molecule has 336 valence electrons. The molecule has 0 saturated carbocycles. The smallest absolute Gasteiger partial charge is 0.209 e. The van der Waals surface area contributed by atoms with Crippen molar-refractivity contribution in [3.8, 4) is 20.2 Å². The molecule has 0 fully saturated rings. The Morgan fingerprint density at radius 2 is 1.11 bits per heavy atom. The molecule has 0 spiro atoms. The number of nitrogens with zero attached hydrogens (tertiary/aromatic N) is 2. The molecule has 0 amide bonds. The number of carbonyl (C=O) groups is 1. The summed E-state index contributed by atoms with van der Waals surface area (Å²) in [6.45, 7) is 12.1. The average molecular weight is 899 g/mol. The zero-order chi connectivity index (χ0) is 45.3. The average Bonchev–Trinajstić information content (AvgIpc) is 4.00. The van der Waals surface area contributed by atoms with Crippen molar-refractivity contribution >= 4 is 62.5 Å². The van der Waals surface area contributed by atoms with Crippen molar-refractivity contribution in [3.63, 3.8) is 0 Å². The quantitative estimate of drug-likeness (QED) is 0.0387. The van der Waals surface area contributed by atoms with E-state index in [9.17, 15) is 9.90 Å². The van der Waals surface area contributed by atoms with E-state index < -0.39 is 0 Å². The molecule has 0 bridgehead atoms. The van der Waals surface area contributed by atoms with E-state index in [-0.39, 0.29) is 17.0 Å². The molecule has 4 aromatic carbocycles. The molecular weight excluding hydrogens is 833 g/mol. The van der Waals surface area contributed by atoms with Gasteiger partial charge in [-0.25, -0.2) is 0 Å². The highest BCUT2D eigenvalue weighted by molar-refractivity contribution is 7.24. The van der Waals surface area contributed by atoms with Gasteiger partial charge in [0.25, 0.3) is 0 Å². The molecular formula is C59H66N2O2S2. The molecule has 6 aromatic rings. The van der Waals surface area contributed by atoms with Gasteiger partial charge in [0.15, 0.2) is 11.5 Å². The summed E-state index contributed by atoms with van der Waals surface area (Å²) in [6.07, 6.45) is 17.9. The van der Waals surface area contributed by atoms with E-state index >= 15 is 0 Å². The largest absolute Gasteiger partial charge is 0.871 e. The molecule has 0 saturated heterocycles. The maximum Gasteiger partial charge on any atom is 0.209 e. The van der Waals surface area contributed by atoms with Crippen molar-refractivity contribution in [3.05, 3.63) is 160 Å². The summed E-state index contributed by atoms with van der Waals surface area (Å²) < 4.78 is 2.38. The number of thiophene rings is 2. The van der Waals surface area contributed by atoms with Gasteiger partial charge >= 0.3 is 0 Å². The summed E-state index contributed by atoms with van der Waals surface area (Å²) in [5.41, 5.74) is 11.1. The molecule has 2 aromatic heterocycles. The number of hydrogen-bond acceptors (Lipinski definition) is 5. The third-order valence-corrected chi connectivity index (χ3v) is 16.0. The minimum Gasteiger partial charge on any atom is -0.871 e. The number of anilines is 3. The number of para-hydroxylation sites is 3. The maximum absolute atomic E-state index is 14.4. The third kappa shape index (κ3) is 9.95. The first-order valence-corrected chi connectivity index (χ1v) is 26.1. The Bertz CT molecular complexity index is 2620. The van der Waals surface area contributed by atoms with Gasteiger partial charge in [-0.2, -0.15) is 4.58 Å². The molecule has 3 heterocycles. The number of carbonyl (C=O) groups excluding carboxylic acids is 1. The third-order valence-electron chi connectivity index (χ3n) is 13.4. The minimum absolute atomic E-state index is 0.114. The lowest BCUT2D eigenvalue weighted by Gasteiger charge is -2.30. The topological polar surface area (TPSA) is 46.4 Å². The molecule has 0 N–H and O–H groups in total. The molecule has 0 unspecified atom stereocenters. The van der Waals surface area contributed by atoms with Crippen LogP contribution in [0.3, 0.4) is 0 Å². The van der Waals surface area contributed by atoms with Crippen LogP contribution in [0.1, 0.15) is 133 Å². The Morgan fingerprint density at radius 1 is 0.600 bits per heavy atom. The van der Waals surface area contributed by atoms with Crippen LogP contribution in [-0.4, -0.2) is 22.6 Å². The van der Waals surface area contributed by atoms with Gasteiger partial charge in [0, 0.05) is 71.8 Å². The Morgan fingerprint density at radius 3 is 1.68 bits per heavy atom. The highest BCUT2D eigenvalue weighted by atomic mass is 32.1. The molecule has 1 aliphatic heterocycles. The Hall–Kier alpha value is -5.30. The fraction of sp³-hybridized carbons (Fsp3) is 0.356. The van der Waals surface area contributed by atoms with Crippen LogP contribution in [0.4, 0.5) is 22.7 Å². The van der Waals surface area contributed by atoms with Gasteiger partial charge in [-0.3, -0.25) is 4.79 Å². The standard InChI is InChI=1S/C59H66N2O2S2/c1-6-9-12-17-26-43-39-51(42-34-36-47(37-35-42)61(45-28-19-15-20-29-45)46-30-21-16-22-31-46)64-57(43)58-44(27-18-13-10-7-2)40-52(65-58)54-55(62)48(56(54)63)41-53-59(4,5)49-32-23-24-33-50(49)60(53)38-25-14-11-8-3/h15-16,19-24,28-37,39-41H,6-14,17-18,25-27,38H2,1-5H3. The number of rotatable bonds is 22. The van der Waals surface area contributed by atoms with Gasteiger partial charge in [0.1, 0.15) is 6.54 Å². The molecule has 0 atom stereocenters. The summed E-state index contributed by atoms with van der Waals surface area (Å²) in [7, 11) is 0. The molecule has 1 aliphatic carbocycles. The maximum atomic E-state index is 14.4. The van der Waals surface area contributed by atoms with Gasteiger partial charge in [-0.05, 0) is 111 Å². The predicted octanol–water partition coefficient (Wildman–Crippen LogP) is 16.1. The lowest BCUT2D eigenvalue weighted by atomic mass is 9.78. The first-order chi connectivity index (χ1) is 31.7. The Kier molecular flexibility index (Phi) is 15.2. The highest BCUT2D eigenvalue weighted by Crippen LogP contribution is 2.49. The van der Waals surface area contributed by atoms with Crippen molar-refractivity contribution in [2.45, 2.75) is 130 Å². The van der Waals surface area contributed by atoms with Crippen molar-refractivity contribution in [1.82, 2.24) is 0 Å². The van der Waals surface area contributed by atoms with E-state index in [1.165, 1.54) is 93.9 Å². The predicted molar refractivity (Wildman–Crippen MR) is 277 cm³/mol. The number of allylic oxidation sites excluding steroid dienone is 3. The number of ketones is 1. The second-order valence-electron chi connectivity index (χ2n) is 18.4. The van der Waals surface area contributed by atoms with Crippen LogP contribution in [0, 0.1) is 0 Å². The first-order valence-electron chi connectivity index (χ1n) is 24.4. The summed E-state index contributed by atoms with van der Waals surface area (Å²) in [5.74, 6) is -0.227. The normalized spacial score (nSPS) is 15.0. The minimum atomic E-state index is -0.319. The number of benzene rings is 4. The van der Waals surface area contributed by atoms with Gasteiger partial charge in [-0.1, -0.05) is 145 Å². The fourth-order valence-electron chi connectivity index (χ4n) is 9.68. The van der Waals surface area contributed by atoms with E-state index in [2.05, 4.69) is 165 Å². The second-order valence-corrected chi connectivity index (χ2v) is 20.5. The number of fused-ring (bicyclic) bond motifs is 1. The van der Waals surface area contributed by atoms with Crippen LogP contribution >= 0.6 is 22.7 Å². The highest BCUT2D eigenvalue weighted by Gasteiger charge is 2.45. The van der Waals surface area contributed by atoms with Crippen LogP contribution in [0.15, 0.2) is 139 Å². The molecule has 8 rings (SSSR count). The zero-order valence-electron chi connectivity index (χ0n) is 39.3. The van der Waals surface area contributed by atoms with Crippen molar-refractivity contribution in [2.24, 2.45) is 0 Å². The van der Waals surface area contributed by atoms with Crippen molar-refractivity contribution < 1.29 is 14.5 Å². The Labute approximate surface area is 396 Å². The van der Waals surface area contributed by atoms with E-state index in [4.69, 9.17) is 0 Å². The molecule has 0 radical (unpaired) electrons. The first kappa shape index (κ1) is 46.2. The van der Waals surface area contributed by atoms with Gasteiger partial charge in [-0.15, -0.1) is 22.7 Å².